The second-order valence-corrected chi connectivity index (χ2v) is 5.89. The third-order valence-corrected chi connectivity index (χ3v) is 3.55. The van der Waals surface area contributed by atoms with Crippen LogP contribution in [-0.2, 0) is 4.79 Å². The zero-order valence-electron chi connectivity index (χ0n) is 14.7. The van der Waals surface area contributed by atoms with Gasteiger partial charge in [-0.05, 0) is 25.1 Å². The molecule has 0 fully saturated rings. The number of aromatic nitrogens is 3. The van der Waals surface area contributed by atoms with Crippen molar-refractivity contribution in [1.29, 1.82) is 0 Å². The zero-order valence-corrected chi connectivity index (χ0v) is 16.4. The molecule has 0 aromatic carbocycles. The monoisotopic (exact) mass is 389 g/mol. The van der Waals surface area contributed by atoms with Crippen LogP contribution in [0.25, 0.3) is 11.4 Å². The molecular formula is C16H25Cl2N5O2. The van der Waals surface area contributed by atoms with Crippen LogP contribution in [0.15, 0.2) is 29.0 Å². The van der Waals surface area contributed by atoms with E-state index < -0.39 is 0 Å². The topological polar surface area (TPSA) is 92.9 Å². The number of hydrogen-bond acceptors (Lipinski definition) is 6. The Labute approximate surface area is 160 Å². The van der Waals surface area contributed by atoms with Crippen LogP contribution in [0, 0.1) is 11.8 Å². The summed E-state index contributed by atoms with van der Waals surface area (Å²) in [5, 5.41) is 9.98. The fourth-order valence-corrected chi connectivity index (χ4v) is 2.18. The summed E-state index contributed by atoms with van der Waals surface area (Å²) in [4.78, 5) is 20.7. The highest BCUT2D eigenvalue weighted by atomic mass is 35.5. The molecule has 9 heteroatoms. The van der Waals surface area contributed by atoms with Crippen LogP contribution in [-0.4, -0.2) is 34.6 Å². The number of halogens is 2. The van der Waals surface area contributed by atoms with Crippen molar-refractivity contribution in [2.75, 3.05) is 13.6 Å². The summed E-state index contributed by atoms with van der Waals surface area (Å²) in [6.45, 7) is 6.49. The van der Waals surface area contributed by atoms with Crippen molar-refractivity contribution in [1.82, 2.24) is 25.8 Å². The van der Waals surface area contributed by atoms with Crippen LogP contribution in [0.4, 0.5) is 0 Å². The number of rotatable bonds is 7. The maximum absolute atomic E-state index is 12.2. The summed E-state index contributed by atoms with van der Waals surface area (Å²) in [6, 6.07) is 3.35. The van der Waals surface area contributed by atoms with Gasteiger partial charge in [0.2, 0.25) is 17.6 Å². The van der Waals surface area contributed by atoms with Crippen molar-refractivity contribution >= 4 is 30.7 Å². The van der Waals surface area contributed by atoms with Gasteiger partial charge in [0.25, 0.3) is 0 Å². The Morgan fingerprint density at radius 2 is 2.00 bits per heavy atom. The van der Waals surface area contributed by atoms with Crippen LogP contribution >= 0.6 is 24.8 Å². The number of nitrogens with one attached hydrogen (secondary N) is 2. The number of pyridine rings is 1. The molecule has 2 unspecified atom stereocenters. The molecule has 2 heterocycles. The Balaban J connectivity index is 0.00000288. The standard InChI is InChI=1S/C16H23N5O2.2ClH/c1-10(2)13(19-15(22)11(3)8-17-4)16-20-14(21-23-16)12-6-5-7-18-9-12;;/h5-7,9-11,13,17H,8H2,1-4H3,(H,19,22);2*1H. The normalized spacial score (nSPS) is 12.7. The van der Waals surface area contributed by atoms with E-state index in [2.05, 4.69) is 25.8 Å². The number of amides is 1. The molecule has 2 aromatic heterocycles. The lowest BCUT2D eigenvalue weighted by molar-refractivity contribution is -0.125. The lowest BCUT2D eigenvalue weighted by Crippen LogP contribution is -2.38. The summed E-state index contributed by atoms with van der Waals surface area (Å²) < 4.78 is 5.36. The van der Waals surface area contributed by atoms with Gasteiger partial charge in [-0.2, -0.15) is 4.98 Å². The van der Waals surface area contributed by atoms with Gasteiger partial charge in [-0.1, -0.05) is 25.9 Å². The van der Waals surface area contributed by atoms with E-state index in [1.165, 1.54) is 0 Å². The summed E-state index contributed by atoms with van der Waals surface area (Å²) in [5.41, 5.74) is 0.778. The number of hydrogen-bond donors (Lipinski definition) is 2. The minimum Gasteiger partial charge on any atom is -0.344 e. The smallest absolute Gasteiger partial charge is 0.249 e. The first-order valence-corrected chi connectivity index (χ1v) is 7.72. The minimum absolute atomic E-state index is 0. The molecule has 0 aliphatic heterocycles. The summed E-state index contributed by atoms with van der Waals surface area (Å²) in [6.07, 6.45) is 3.36. The minimum atomic E-state index is -0.320. The second kappa shape index (κ2) is 11.0. The van der Waals surface area contributed by atoms with E-state index >= 15 is 0 Å². The maximum atomic E-state index is 12.2. The highest BCUT2D eigenvalue weighted by Gasteiger charge is 2.26. The molecular weight excluding hydrogens is 365 g/mol. The van der Waals surface area contributed by atoms with E-state index in [4.69, 9.17) is 4.52 Å². The molecule has 140 valence electrons. The van der Waals surface area contributed by atoms with Crippen LogP contribution in [0.5, 0.6) is 0 Å². The highest BCUT2D eigenvalue weighted by Crippen LogP contribution is 2.23. The number of nitrogens with zero attached hydrogens (tertiary/aromatic N) is 3. The molecule has 2 N–H and O–H groups in total. The average Bonchev–Trinajstić information content (AvgIpc) is 3.02. The Morgan fingerprint density at radius 3 is 2.56 bits per heavy atom. The zero-order chi connectivity index (χ0) is 16.8. The highest BCUT2D eigenvalue weighted by molar-refractivity contribution is 5.85. The van der Waals surface area contributed by atoms with E-state index in [0.29, 0.717) is 18.3 Å². The molecule has 0 radical (unpaired) electrons. The van der Waals surface area contributed by atoms with Gasteiger partial charge in [0.05, 0.1) is 0 Å². The van der Waals surface area contributed by atoms with Gasteiger partial charge in [0.15, 0.2) is 0 Å². The van der Waals surface area contributed by atoms with Gasteiger partial charge in [-0.3, -0.25) is 9.78 Å². The molecule has 0 aliphatic rings. The van der Waals surface area contributed by atoms with Crippen molar-refractivity contribution in [3.05, 3.63) is 30.4 Å². The molecule has 0 saturated heterocycles. The van der Waals surface area contributed by atoms with E-state index in [1.54, 1.807) is 12.4 Å². The second-order valence-electron chi connectivity index (χ2n) is 5.89. The Kier molecular flexibility index (Phi) is 10.3. The van der Waals surface area contributed by atoms with Crippen LogP contribution < -0.4 is 10.6 Å². The number of carbonyl (C=O) groups is 1. The van der Waals surface area contributed by atoms with E-state index in [-0.39, 0.29) is 48.6 Å². The van der Waals surface area contributed by atoms with Crippen molar-refractivity contribution in [3.8, 4) is 11.4 Å². The Morgan fingerprint density at radius 1 is 1.28 bits per heavy atom. The quantitative estimate of drug-likeness (QED) is 0.755. The summed E-state index contributed by atoms with van der Waals surface area (Å²) in [7, 11) is 1.82. The van der Waals surface area contributed by atoms with E-state index in [1.807, 2.05) is 40.0 Å². The van der Waals surface area contributed by atoms with Gasteiger partial charge in [0.1, 0.15) is 6.04 Å². The molecule has 0 saturated carbocycles. The first kappa shape index (κ1) is 23.3. The summed E-state index contributed by atoms with van der Waals surface area (Å²) >= 11 is 0. The van der Waals surface area contributed by atoms with Gasteiger partial charge in [-0.25, -0.2) is 0 Å². The van der Waals surface area contributed by atoms with Crippen molar-refractivity contribution in [2.45, 2.75) is 26.8 Å². The first-order valence-electron chi connectivity index (χ1n) is 7.72. The van der Waals surface area contributed by atoms with Crippen LogP contribution in [0.3, 0.4) is 0 Å². The Bertz CT molecular complexity index is 636. The largest absolute Gasteiger partial charge is 0.344 e. The molecule has 0 aliphatic carbocycles. The molecule has 2 atom stereocenters. The summed E-state index contributed by atoms with van der Waals surface area (Å²) in [5.74, 6) is 0.823. The maximum Gasteiger partial charge on any atom is 0.249 e. The van der Waals surface area contributed by atoms with Crippen molar-refractivity contribution in [2.24, 2.45) is 11.8 Å². The predicted octanol–water partition coefficient (Wildman–Crippen LogP) is 2.64. The molecule has 0 spiro atoms. The van der Waals surface area contributed by atoms with Gasteiger partial charge < -0.3 is 15.2 Å². The molecule has 7 nitrogen and oxygen atoms in total. The molecule has 0 bridgehead atoms. The third-order valence-electron chi connectivity index (χ3n) is 3.55. The van der Waals surface area contributed by atoms with Gasteiger partial charge >= 0.3 is 0 Å². The van der Waals surface area contributed by atoms with Crippen LogP contribution in [0.1, 0.15) is 32.7 Å². The number of carbonyl (C=O) groups excluding carboxylic acids is 1. The van der Waals surface area contributed by atoms with Crippen molar-refractivity contribution < 1.29 is 9.32 Å². The molecule has 25 heavy (non-hydrogen) atoms. The fraction of sp³-hybridized carbons (Fsp3) is 0.500. The van der Waals surface area contributed by atoms with Crippen LogP contribution in [0.2, 0.25) is 0 Å². The molecule has 1 amide bonds. The van der Waals surface area contributed by atoms with Gasteiger partial charge in [0, 0.05) is 30.4 Å². The SMILES string of the molecule is CNCC(C)C(=O)NC(c1nc(-c2cccnc2)no1)C(C)C.Cl.Cl. The van der Waals surface area contributed by atoms with Crippen molar-refractivity contribution in [3.63, 3.8) is 0 Å². The fourth-order valence-electron chi connectivity index (χ4n) is 2.18. The van der Waals surface area contributed by atoms with E-state index in [9.17, 15) is 4.79 Å². The Hall–Kier alpha value is -1.70. The third kappa shape index (κ3) is 6.26. The first-order chi connectivity index (χ1) is 11.0. The molecule has 2 aromatic rings. The predicted molar refractivity (Wildman–Crippen MR) is 101 cm³/mol. The van der Waals surface area contributed by atoms with E-state index in [0.717, 1.165) is 5.56 Å². The molecule has 2 rings (SSSR count). The average molecular weight is 390 g/mol. The lowest BCUT2D eigenvalue weighted by Gasteiger charge is -2.20. The van der Waals surface area contributed by atoms with Gasteiger partial charge in [-0.15, -0.1) is 24.8 Å². The lowest BCUT2D eigenvalue weighted by atomic mass is 10.0.